The zero-order valence-corrected chi connectivity index (χ0v) is 13.8. The van der Waals surface area contributed by atoms with Crippen LogP contribution in [-0.2, 0) is 5.60 Å². The Balaban J connectivity index is 1.75. The molecule has 0 saturated carbocycles. The molecule has 1 aromatic heterocycles. The summed E-state index contributed by atoms with van der Waals surface area (Å²) in [6, 6.07) is 11.5. The lowest BCUT2D eigenvalue weighted by Crippen LogP contribution is -2.43. The van der Waals surface area contributed by atoms with Gasteiger partial charge in [-0.25, -0.2) is 4.98 Å². The molecule has 2 heterocycles. The summed E-state index contributed by atoms with van der Waals surface area (Å²) in [6.07, 6.45) is 3.09. The van der Waals surface area contributed by atoms with Gasteiger partial charge in [-0.3, -0.25) is 0 Å². The summed E-state index contributed by atoms with van der Waals surface area (Å²) in [5, 5.41) is 11.5. The molecule has 0 atom stereocenters. The van der Waals surface area contributed by atoms with Crippen molar-refractivity contribution in [2.45, 2.75) is 18.4 Å². The van der Waals surface area contributed by atoms with E-state index >= 15 is 0 Å². The Morgan fingerprint density at radius 1 is 1.14 bits per heavy atom. The van der Waals surface area contributed by atoms with Crippen LogP contribution in [0.3, 0.4) is 0 Å². The van der Waals surface area contributed by atoms with Gasteiger partial charge >= 0.3 is 0 Å². The second-order valence-electron chi connectivity index (χ2n) is 5.33. The Labute approximate surface area is 137 Å². The van der Waals surface area contributed by atoms with Gasteiger partial charge in [0.25, 0.3) is 0 Å². The maximum Gasteiger partial charge on any atom is 0.128 e. The zero-order chi connectivity index (χ0) is 14.9. The predicted molar refractivity (Wildman–Crippen MR) is 88.7 cm³/mol. The summed E-state index contributed by atoms with van der Waals surface area (Å²) < 4.78 is 0.968. The summed E-state index contributed by atoms with van der Waals surface area (Å²) in [7, 11) is 0. The molecule has 1 fully saturated rings. The molecule has 110 valence electrons. The topological polar surface area (TPSA) is 36.4 Å². The first-order chi connectivity index (χ1) is 10.1. The quantitative estimate of drug-likeness (QED) is 0.872. The van der Waals surface area contributed by atoms with Crippen LogP contribution in [-0.4, -0.2) is 23.2 Å². The molecule has 0 amide bonds. The van der Waals surface area contributed by atoms with E-state index in [-0.39, 0.29) is 0 Å². The summed E-state index contributed by atoms with van der Waals surface area (Å²) >= 11 is 9.62. The molecular formula is C16H16BrClN2O. The summed E-state index contributed by atoms with van der Waals surface area (Å²) in [4.78, 5) is 6.60. The number of aliphatic hydroxyl groups is 1. The Hall–Kier alpha value is -1.10. The van der Waals surface area contributed by atoms with E-state index in [1.807, 2.05) is 36.4 Å². The molecule has 21 heavy (non-hydrogen) atoms. The fraction of sp³-hybridized carbons (Fsp3) is 0.312. The molecule has 0 spiro atoms. The normalized spacial score (nSPS) is 17.8. The van der Waals surface area contributed by atoms with Gasteiger partial charge in [-0.15, -0.1) is 0 Å². The number of piperidine rings is 1. The van der Waals surface area contributed by atoms with Crippen molar-refractivity contribution in [2.24, 2.45) is 0 Å². The molecule has 0 aliphatic carbocycles. The smallest absolute Gasteiger partial charge is 0.128 e. The Morgan fingerprint density at radius 3 is 2.48 bits per heavy atom. The molecule has 1 aliphatic rings. The molecular weight excluding hydrogens is 352 g/mol. The lowest BCUT2D eigenvalue weighted by Gasteiger charge is -2.39. The highest BCUT2D eigenvalue weighted by atomic mass is 79.9. The van der Waals surface area contributed by atoms with Crippen LogP contribution in [0.2, 0.25) is 5.02 Å². The molecule has 3 nitrogen and oxygen atoms in total. The maximum atomic E-state index is 10.9. The van der Waals surface area contributed by atoms with Crippen molar-refractivity contribution in [2.75, 3.05) is 18.0 Å². The number of benzene rings is 1. The van der Waals surface area contributed by atoms with Crippen molar-refractivity contribution >= 4 is 33.3 Å². The number of rotatable bonds is 2. The van der Waals surface area contributed by atoms with Crippen molar-refractivity contribution in [3.05, 3.63) is 57.7 Å². The predicted octanol–water partition coefficient (Wildman–Crippen LogP) is 3.99. The molecule has 5 heteroatoms. The molecule has 0 radical (unpaired) electrons. The monoisotopic (exact) mass is 366 g/mol. The van der Waals surface area contributed by atoms with Crippen molar-refractivity contribution < 1.29 is 5.11 Å². The molecule has 1 saturated heterocycles. The number of anilines is 1. The molecule has 0 bridgehead atoms. The standard InChI is InChI=1S/C16H16BrClN2O/c17-12-5-6-15(19-11-12)20-9-7-16(21,8-10-20)13-3-1-2-4-14(13)18/h1-6,11,21H,7-10H2. The minimum Gasteiger partial charge on any atom is -0.385 e. The van der Waals surface area contributed by atoms with Gasteiger partial charge in [0, 0.05) is 34.3 Å². The second kappa shape index (κ2) is 5.95. The zero-order valence-electron chi connectivity index (χ0n) is 11.5. The Kier molecular flexibility index (Phi) is 4.20. The Morgan fingerprint density at radius 2 is 1.86 bits per heavy atom. The van der Waals surface area contributed by atoms with E-state index in [1.54, 1.807) is 6.20 Å². The SMILES string of the molecule is OC1(c2ccccc2Cl)CCN(c2ccc(Br)cn2)CC1. The first-order valence-corrected chi connectivity index (χ1v) is 8.09. The maximum absolute atomic E-state index is 10.9. The summed E-state index contributed by atoms with van der Waals surface area (Å²) in [6.45, 7) is 1.52. The molecule has 0 unspecified atom stereocenters. The number of pyridine rings is 1. The Bertz CT molecular complexity index is 624. The van der Waals surface area contributed by atoms with Gasteiger partial charge in [0.1, 0.15) is 5.82 Å². The van der Waals surface area contributed by atoms with E-state index < -0.39 is 5.60 Å². The van der Waals surface area contributed by atoms with Gasteiger partial charge in [-0.2, -0.15) is 0 Å². The van der Waals surface area contributed by atoms with E-state index in [0.29, 0.717) is 17.9 Å². The number of hydrogen-bond donors (Lipinski definition) is 1. The second-order valence-corrected chi connectivity index (χ2v) is 6.66. The van der Waals surface area contributed by atoms with Crippen molar-refractivity contribution in [3.63, 3.8) is 0 Å². The van der Waals surface area contributed by atoms with E-state index in [0.717, 1.165) is 28.9 Å². The molecule has 1 aliphatic heterocycles. The van der Waals surface area contributed by atoms with Crippen LogP contribution in [0.1, 0.15) is 18.4 Å². The van der Waals surface area contributed by atoms with Crippen LogP contribution < -0.4 is 4.90 Å². The van der Waals surface area contributed by atoms with Crippen LogP contribution in [0.15, 0.2) is 47.1 Å². The van der Waals surface area contributed by atoms with Crippen molar-refractivity contribution in [1.82, 2.24) is 4.98 Å². The average molecular weight is 368 g/mol. The van der Waals surface area contributed by atoms with Gasteiger partial charge < -0.3 is 10.0 Å². The highest BCUT2D eigenvalue weighted by Crippen LogP contribution is 2.37. The minimum atomic E-state index is -0.843. The summed E-state index contributed by atoms with van der Waals surface area (Å²) in [5.41, 5.74) is -0.0143. The van der Waals surface area contributed by atoms with Crippen LogP contribution in [0.4, 0.5) is 5.82 Å². The minimum absolute atomic E-state index is 0.634. The highest BCUT2D eigenvalue weighted by Gasteiger charge is 2.35. The lowest BCUT2D eigenvalue weighted by molar-refractivity contribution is 0.0117. The van der Waals surface area contributed by atoms with Crippen LogP contribution in [0.25, 0.3) is 0 Å². The average Bonchev–Trinajstić information content (AvgIpc) is 2.49. The molecule has 3 rings (SSSR count). The first-order valence-electron chi connectivity index (χ1n) is 6.92. The van der Waals surface area contributed by atoms with Crippen LogP contribution in [0, 0.1) is 0 Å². The van der Waals surface area contributed by atoms with E-state index in [4.69, 9.17) is 11.6 Å². The molecule has 1 N–H and O–H groups in total. The van der Waals surface area contributed by atoms with Gasteiger partial charge in [-0.1, -0.05) is 29.8 Å². The number of hydrogen-bond acceptors (Lipinski definition) is 3. The first kappa shape index (κ1) is 14.8. The van der Waals surface area contributed by atoms with Gasteiger partial charge in [-0.05, 0) is 47.0 Å². The number of halogens is 2. The highest BCUT2D eigenvalue weighted by molar-refractivity contribution is 9.10. The number of nitrogens with zero attached hydrogens (tertiary/aromatic N) is 2. The fourth-order valence-corrected chi connectivity index (χ4v) is 3.31. The van der Waals surface area contributed by atoms with Crippen LogP contribution in [0.5, 0.6) is 0 Å². The summed E-state index contributed by atoms with van der Waals surface area (Å²) in [5.74, 6) is 0.944. The molecule has 1 aromatic carbocycles. The van der Waals surface area contributed by atoms with E-state index in [1.165, 1.54) is 0 Å². The van der Waals surface area contributed by atoms with Crippen LogP contribution >= 0.6 is 27.5 Å². The third-order valence-electron chi connectivity index (χ3n) is 4.00. The van der Waals surface area contributed by atoms with Crippen molar-refractivity contribution in [3.8, 4) is 0 Å². The fourth-order valence-electron chi connectivity index (χ4n) is 2.77. The third kappa shape index (κ3) is 3.07. The van der Waals surface area contributed by atoms with Crippen molar-refractivity contribution in [1.29, 1.82) is 0 Å². The van der Waals surface area contributed by atoms with E-state index in [9.17, 15) is 5.11 Å². The third-order valence-corrected chi connectivity index (χ3v) is 4.80. The number of aromatic nitrogens is 1. The van der Waals surface area contributed by atoms with Gasteiger partial charge in [0.05, 0.1) is 5.60 Å². The molecule has 2 aromatic rings. The lowest BCUT2D eigenvalue weighted by atomic mass is 9.84. The van der Waals surface area contributed by atoms with E-state index in [2.05, 4.69) is 25.8 Å². The van der Waals surface area contributed by atoms with Gasteiger partial charge in [0.15, 0.2) is 0 Å². The largest absolute Gasteiger partial charge is 0.385 e. The van der Waals surface area contributed by atoms with Gasteiger partial charge in [0.2, 0.25) is 0 Å².